The van der Waals surface area contributed by atoms with Gasteiger partial charge in [0.05, 0.1) is 16.5 Å². The summed E-state index contributed by atoms with van der Waals surface area (Å²) in [6.07, 6.45) is 0.977. The second kappa shape index (κ2) is 8.88. The van der Waals surface area contributed by atoms with E-state index in [9.17, 15) is 22.4 Å². The summed E-state index contributed by atoms with van der Waals surface area (Å²) in [5.74, 6) is -1.31. The van der Waals surface area contributed by atoms with Gasteiger partial charge in [0, 0.05) is 11.7 Å². The topological polar surface area (TPSA) is 104 Å². The lowest BCUT2D eigenvalue weighted by molar-refractivity contribution is -0.119. The Morgan fingerprint density at radius 2 is 2.07 bits per heavy atom. The van der Waals surface area contributed by atoms with E-state index in [2.05, 4.69) is 16.0 Å². The van der Waals surface area contributed by atoms with Gasteiger partial charge in [0.15, 0.2) is 9.84 Å². The molecule has 0 radical (unpaired) electrons. The summed E-state index contributed by atoms with van der Waals surface area (Å²) in [5, 5.41) is 7.69. The van der Waals surface area contributed by atoms with Gasteiger partial charge < -0.3 is 16.0 Å². The van der Waals surface area contributed by atoms with Crippen molar-refractivity contribution in [1.29, 1.82) is 0 Å². The van der Waals surface area contributed by atoms with Gasteiger partial charge >= 0.3 is 6.03 Å². The lowest BCUT2D eigenvalue weighted by Gasteiger charge is -2.24. The summed E-state index contributed by atoms with van der Waals surface area (Å²) < 4.78 is 36.2. The Labute approximate surface area is 163 Å². The van der Waals surface area contributed by atoms with Crippen molar-refractivity contribution in [2.75, 3.05) is 16.8 Å². The Balaban J connectivity index is 2.02. The van der Waals surface area contributed by atoms with Crippen molar-refractivity contribution < 1.29 is 22.4 Å². The van der Waals surface area contributed by atoms with Gasteiger partial charge in [0.25, 0.3) is 0 Å². The molecule has 27 heavy (non-hydrogen) atoms. The summed E-state index contributed by atoms with van der Waals surface area (Å²) in [5.41, 5.74) is 0.309. The third-order valence-electron chi connectivity index (χ3n) is 4.54. The molecule has 0 spiro atoms. The van der Waals surface area contributed by atoms with E-state index in [1.165, 1.54) is 12.1 Å². The highest BCUT2D eigenvalue weighted by molar-refractivity contribution is 7.91. The summed E-state index contributed by atoms with van der Waals surface area (Å²) in [7, 11) is -3.12. The van der Waals surface area contributed by atoms with Crippen molar-refractivity contribution in [1.82, 2.24) is 10.6 Å². The van der Waals surface area contributed by atoms with Crippen LogP contribution in [0.1, 0.15) is 26.7 Å². The minimum Gasteiger partial charge on any atom is -0.334 e. The van der Waals surface area contributed by atoms with Gasteiger partial charge in [-0.25, -0.2) is 17.6 Å². The average molecular weight is 420 g/mol. The van der Waals surface area contributed by atoms with Gasteiger partial charge in [-0.1, -0.05) is 31.9 Å². The number of rotatable bonds is 6. The number of amides is 3. The van der Waals surface area contributed by atoms with Crippen LogP contribution >= 0.6 is 11.6 Å². The molecule has 0 unspecified atom stereocenters. The largest absolute Gasteiger partial charge is 0.334 e. The van der Waals surface area contributed by atoms with Crippen molar-refractivity contribution >= 4 is 39.1 Å². The zero-order valence-electron chi connectivity index (χ0n) is 15.1. The fourth-order valence-electron chi connectivity index (χ4n) is 2.77. The van der Waals surface area contributed by atoms with Crippen LogP contribution < -0.4 is 16.0 Å². The second-order valence-electron chi connectivity index (χ2n) is 6.70. The molecule has 3 atom stereocenters. The highest BCUT2D eigenvalue weighted by Crippen LogP contribution is 2.20. The summed E-state index contributed by atoms with van der Waals surface area (Å²) in [6, 6.07) is 1.87. The third-order valence-corrected chi connectivity index (χ3v) is 6.59. The Bertz CT molecular complexity index is 818. The molecule has 0 saturated carbocycles. The minimum absolute atomic E-state index is 0.0402. The summed E-state index contributed by atoms with van der Waals surface area (Å²) in [6.45, 7) is 3.69. The Hall–Kier alpha value is -1.87. The van der Waals surface area contributed by atoms with Crippen LogP contribution in [0.25, 0.3) is 0 Å². The molecule has 2 rings (SSSR count). The fraction of sp³-hybridized carbons (Fsp3) is 0.529. The van der Waals surface area contributed by atoms with Crippen LogP contribution in [0.4, 0.5) is 14.9 Å². The summed E-state index contributed by atoms with van der Waals surface area (Å²) >= 11 is 5.71. The maximum absolute atomic E-state index is 13.2. The first kappa shape index (κ1) is 21.4. The molecular weight excluding hydrogens is 397 g/mol. The predicted molar refractivity (Wildman–Crippen MR) is 102 cm³/mol. The maximum Gasteiger partial charge on any atom is 0.315 e. The molecule has 1 heterocycles. The number of hydrogen-bond donors (Lipinski definition) is 3. The molecule has 150 valence electrons. The fourth-order valence-corrected chi connectivity index (χ4v) is 4.63. The van der Waals surface area contributed by atoms with Gasteiger partial charge in [-0.15, -0.1) is 0 Å². The molecule has 3 amide bonds. The quantitative estimate of drug-likeness (QED) is 0.658. The molecule has 1 aromatic carbocycles. The van der Waals surface area contributed by atoms with Crippen molar-refractivity contribution in [3.63, 3.8) is 0 Å². The first-order valence-corrected chi connectivity index (χ1v) is 10.8. The van der Waals surface area contributed by atoms with Crippen molar-refractivity contribution in [3.8, 4) is 0 Å². The van der Waals surface area contributed by atoms with E-state index >= 15 is 0 Å². The van der Waals surface area contributed by atoms with Crippen molar-refractivity contribution in [2.24, 2.45) is 5.92 Å². The molecule has 1 aliphatic heterocycles. The number of sulfone groups is 1. The molecule has 1 saturated heterocycles. The van der Waals surface area contributed by atoms with Crippen LogP contribution in [-0.4, -0.2) is 43.9 Å². The van der Waals surface area contributed by atoms with Gasteiger partial charge in [0.1, 0.15) is 11.9 Å². The first-order valence-electron chi connectivity index (χ1n) is 8.64. The number of carbonyl (C=O) groups excluding carboxylic acids is 2. The van der Waals surface area contributed by atoms with E-state index < -0.39 is 39.7 Å². The van der Waals surface area contributed by atoms with E-state index in [1.54, 1.807) is 0 Å². The Kier molecular flexibility index (Phi) is 7.05. The second-order valence-corrected chi connectivity index (χ2v) is 9.34. The number of hydrogen-bond acceptors (Lipinski definition) is 4. The number of nitrogens with one attached hydrogen (secondary N) is 3. The monoisotopic (exact) mass is 419 g/mol. The normalized spacial score (nSPS) is 20.5. The highest BCUT2D eigenvalue weighted by atomic mass is 35.5. The molecule has 7 nitrogen and oxygen atoms in total. The molecule has 0 aliphatic carbocycles. The van der Waals surface area contributed by atoms with E-state index in [4.69, 9.17) is 11.6 Å². The van der Waals surface area contributed by atoms with E-state index in [0.717, 1.165) is 6.07 Å². The van der Waals surface area contributed by atoms with E-state index in [0.29, 0.717) is 18.5 Å². The number of benzene rings is 1. The minimum atomic E-state index is -3.12. The van der Waals surface area contributed by atoms with Crippen molar-refractivity contribution in [2.45, 2.75) is 38.8 Å². The molecule has 0 bridgehead atoms. The number of anilines is 1. The zero-order valence-corrected chi connectivity index (χ0v) is 16.7. The van der Waals surface area contributed by atoms with Crippen LogP contribution in [0.5, 0.6) is 0 Å². The SMILES string of the molecule is CC[C@@H](C)[C@H](NC(=O)N[C@@H]1CCS(=O)(=O)C1)C(=O)Nc1ccc(F)c(Cl)c1. The van der Waals surface area contributed by atoms with Crippen LogP contribution in [0.15, 0.2) is 18.2 Å². The first-order chi connectivity index (χ1) is 12.6. The molecule has 10 heteroatoms. The van der Waals surface area contributed by atoms with Crippen LogP contribution in [0, 0.1) is 11.7 Å². The van der Waals surface area contributed by atoms with Gasteiger partial charge in [0.2, 0.25) is 5.91 Å². The van der Waals surface area contributed by atoms with Crippen molar-refractivity contribution in [3.05, 3.63) is 29.0 Å². The van der Waals surface area contributed by atoms with Crippen LogP contribution in [0.3, 0.4) is 0 Å². The molecule has 1 fully saturated rings. The molecule has 3 N–H and O–H groups in total. The number of urea groups is 1. The predicted octanol–water partition coefficient (Wildman–Crippen LogP) is 2.32. The Morgan fingerprint density at radius 1 is 1.37 bits per heavy atom. The third kappa shape index (κ3) is 6.07. The van der Waals surface area contributed by atoms with Crippen LogP contribution in [0.2, 0.25) is 5.02 Å². The maximum atomic E-state index is 13.2. The lowest BCUT2D eigenvalue weighted by Crippen LogP contribution is -2.53. The average Bonchev–Trinajstić information content (AvgIpc) is 2.93. The van der Waals surface area contributed by atoms with E-state index in [1.807, 2.05) is 13.8 Å². The highest BCUT2D eigenvalue weighted by Gasteiger charge is 2.31. The van der Waals surface area contributed by atoms with Gasteiger partial charge in [-0.3, -0.25) is 4.79 Å². The van der Waals surface area contributed by atoms with Crippen LogP contribution in [-0.2, 0) is 14.6 Å². The van der Waals surface area contributed by atoms with Gasteiger partial charge in [-0.2, -0.15) is 0 Å². The molecule has 1 aliphatic rings. The standard InChI is InChI=1S/C17H23ClFN3O4S/c1-3-10(2)15(16(23)20-11-4-5-14(19)13(18)8-11)22-17(24)21-12-6-7-27(25,26)9-12/h4-5,8,10,12,15H,3,6-7,9H2,1-2H3,(H,20,23)(H2,21,22,24)/t10-,12-,15+/m1/s1. The van der Waals surface area contributed by atoms with E-state index in [-0.39, 0.29) is 22.4 Å². The smallest absolute Gasteiger partial charge is 0.315 e. The number of carbonyl (C=O) groups is 2. The van der Waals surface area contributed by atoms with Gasteiger partial charge in [-0.05, 0) is 30.5 Å². The summed E-state index contributed by atoms with van der Waals surface area (Å²) in [4.78, 5) is 24.8. The number of halogens is 2. The Morgan fingerprint density at radius 3 is 2.63 bits per heavy atom. The zero-order chi connectivity index (χ0) is 20.2. The molecule has 1 aromatic rings. The molecular formula is C17H23ClFN3O4S. The molecule has 0 aromatic heterocycles. The lowest BCUT2D eigenvalue weighted by atomic mass is 9.98.